The Labute approximate surface area is 313 Å². The number of benzene rings is 1. The molecule has 6 rings (SSSR count). The summed E-state index contributed by atoms with van der Waals surface area (Å²) in [6, 6.07) is 13.3. The van der Waals surface area contributed by atoms with Crippen LogP contribution in [0.2, 0.25) is 0 Å². The highest BCUT2D eigenvalue weighted by Gasteiger charge is 2.27. The molecular weight excluding hydrogens is 697 g/mol. The van der Waals surface area contributed by atoms with Gasteiger partial charge in [-0.2, -0.15) is 8.75 Å². The van der Waals surface area contributed by atoms with Crippen molar-refractivity contribution in [2.24, 2.45) is 16.2 Å². The van der Waals surface area contributed by atoms with Gasteiger partial charge in [0.15, 0.2) is 0 Å². The van der Waals surface area contributed by atoms with Crippen LogP contribution in [0.5, 0.6) is 0 Å². The van der Waals surface area contributed by atoms with Gasteiger partial charge in [0.1, 0.15) is 16.7 Å². The van der Waals surface area contributed by atoms with E-state index in [1.807, 2.05) is 11.3 Å². The topological polar surface area (TPSA) is 62.0 Å². The summed E-state index contributed by atoms with van der Waals surface area (Å²) in [4.78, 5) is 4.72. The van der Waals surface area contributed by atoms with Crippen LogP contribution in [0.15, 0.2) is 63.7 Å². The molecule has 4 nitrogen and oxygen atoms in total. The highest BCUT2D eigenvalue weighted by molar-refractivity contribution is 7.79. The molecule has 4 heterocycles. The first-order chi connectivity index (χ1) is 24.0. The molecule has 0 amide bonds. The Morgan fingerprint density at radius 3 is 1.92 bits per heavy atom. The summed E-state index contributed by atoms with van der Waals surface area (Å²) in [6.07, 6.45) is 16.4. The van der Waals surface area contributed by atoms with Gasteiger partial charge in [-0.3, -0.25) is 5.41 Å². The quantitative estimate of drug-likeness (QED) is 0.0781. The fraction of sp³-hybridized carbons (Fsp3) is 0.400. The van der Waals surface area contributed by atoms with Crippen molar-refractivity contribution in [3.05, 3.63) is 80.2 Å². The normalized spacial score (nSPS) is 15.6. The fourth-order valence-electron chi connectivity index (χ4n) is 6.93. The van der Waals surface area contributed by atoms with Crippen LogP contribution in [0.25, 0.3) is 43.1 Å². The van der Waals surface area contributed by atoms with Crippen molar-refractivity contribution in [3.63, 3.8) is 0 Å². The number of fused-ring (bicyclic) bond motifs is 1. The van der Waals surface area contributed by atoms with Crippen molar-refractivity contribution in [2.75, 3.05) is 0 Å². The summed E-state index contributed by atoms with van der Waals surface area (Å²) in [5.41, 5.74) is 9.95. The van der Waals surface area contributed by atoms with E-state index in [0.29, 0.717) is 23.3 Å². The van der Waals surface area contributed by atoms with Gasteiger partial charge < -0.3 is 0 Å². The third-order valence-electron chi connectivity index (χ3n) is 9.92. The minimum absolute atomic E-state index is 0.440. The van der Waals surface area contributed by atoms with Gasteiger partial charge in [-0.15, -0.1) is 34.0 Å². The van der Waals surface area contributed by atoms with Crippen LogP contribution in [-0.2, 0) is 12.8 Å². The van der Waals surface area contributed by atoms with E-state index in [0.717, 1.165) is 50.3 Å². The monoisotopic (exact) mass is 742 g/mol. The molecule has 1 N–H and O–H groups in total. The summed E-state index contributed by atoms with van der Waals surface area (Å²) < 4.78 is 14.0. The van der Waals surface area contributed by atoms with Gasteiger partial charge >= 0.3 is 0 Å². The molecule has 0 saturated carbocycles. The molecule has 0 fully saturated rings. The third-order valence-corrected chi connectivity index (χ3v) is 13.8. The first kappa shape index (κ1) is 36.1. The van der Waals surface area contributed by atoms with Gasteiger partial charge in [-0.25, -0.2) is 4.40 Å². The van der Waals surface area contributed by atoms with Gasteiger partial charge in [0.25, 0.3) is 0 Å². The molecule has 1 aliphatic carbocycles. The molecule has 2 unspecified atom stereocenters. The van der Waals surface area contributed by atoms with E-state index in [2.05, 4.69) is 104 Å². The SMILES string of the molecule is CCCCC(CC)Cc1ccsc1C1=CC=C(c2ccc(-c3ccc(-c4sccc4CC(CC)CCCC)c4nsnc34)s2)/C(=N/S)C1=N. The molecule has 1 aromatic carbocycles. The van der Waals surface area contributed by atoms with Crippen molar-refractivity contribution >= 4 is 92.2 Å². The second-order valence-electron chi connectivity index (χ2n) is 13.1. The van der Waals surface area contributed by atoms with Crippen LogP contribution >= 0.6 is 58.6 Å². The van der Waals surface area contributed by atoms with E-state index < -0.39 is 0 Å². The molecule has 9 heteroatoms. The van der Waals surface area contributed by atoms with Crippen LogP contribution in [0.4, 0.5) is 0 Å². The van der Waals surface area contributed by atoms with Gasteiger partial charge in [-0.05, 0) is 83.6 Å². The predicted molar refractivity (Wildman–Crippen MR) is 222 cm³/mol. The summed E-state index contributed by atoms with van der Waals surface area (Å²) >= 11 is 10.9. The number of thiophene rings is 3. The molecule has 0 aliphatic heterocycles. The molecule has 256 valence electrons. The Bertz CT molecular complexity index is 1980. The number of hydrogen-bond donors (Lipinski definition) is 2. The Balaban J connectivity index is 1.28. The van der Waals surface area contributed by atoms with Gasteiger partial charge in [0.2, 0.25) is 0 Å². The Morgan fingerprint density at radius 2 is 1.29 bits per heavy atom. The number of hydrogen-bond acceptors (Lipinski definition) is 9. The predicted octanol–water partition coefficient (Wildman–Crippen LogP) is 13.5. The van der Waals surface area contributed by atoms with Crippen LogP contribution < -0.4 is 0 Å². The summed E-state index contributed by atoms with van der Waals surface area (Å²) in [5.74, 6) is 1.38. The summed E-state index contributed by atoms with van der Waals surface area (Å²) in [6.45, 7) is 9.16. The Morgan fingerprint density at radius 1 is 0.714 bits per heavy atom. The minimum atomic E-state index is 0.440. The van der Waals surface area contributed by atoms with Crippen molar-refractivity contribution in [3.8, 4) is 20.9 Å². The van der Waals surface area contributed by atoms with Crippen LogP contribution in [-0.4, -0.2) is 20.2 Å². The van der Waals surface area contributed by atoms with Crippen LogP contribution in [0.1, 0.15) is 99.9 Å². The number of nitrogens with zero attached hydrogens (tertiary/aromatic N) is 3. The second kappa shape index (κ2) is 17.0. The number of nitrogens with one attached hydrogen (secondary N) is 1. The van der Waals surface area contributed by atoms with E-state index in [1.54, 1.807) is 22.7 Å². The molecule has 0 radical (unpaired) electrons. The first-order valence-electron chi connectivity index (χ1n) is 17.7. The Kier molecular flexibility index (Phi) is 12.5. The molecular formula is C40H46N4S5. The first-order valence-corrected chi connectivity index (χ1v) is 21.4. The maximum atomic E-state index is 9.26. The van der Waals surface area contributed by atoms with Crippen molar-refractivity contribution in [2.45, 2.75) is 91.9 Å². The average molecular weight is 743 g/mol. The van der Waals surface area contributed by atoms with Crippen molar-refractivity contribution in [1.29, 1.82) is 5.41 Å². The number of thiol groups is 1. The standard InChI is InChI=1S/C40H46N4S5/c1-5-9-11-25(7-3)23-27-19-21-46-39(27)31-15-13-29(36(42-45)35(31)41)33-17-18-34(48-33)30-14-16-32(38-37(30)43-49-44-38)40-28(20-22-47-40)24-26(8-4)12-10-6-2/h13-22,25-26,41,45H,5-12,23-24H2,1-4H3/b41-35?,42-36-. The van der Waals surface area contributed by atoms with Gasteiger partial charge in [-0.1, -0.05) is 103 Å². The maximum absolute atomic E-state index is 9.26. The van der Waals surface area contributed by atoms with Crippen LogP contribution in [0, 0.1) is 17.2 Å². The highest BCUT2D eigenvalue weighted by Crippen LogP contribution is 2.43. The molecule has 5 aromatic rings. The lowest BCUT2D eigenvalue weighted by molar-refractivity contribution is 0.449. The number of unbranched alkanes of at least 4 members (excludes halogenated alkanes) is 2. The van der Waals surface area contributed by atoms with E-state index in [4.69, 9.17) is 8.75 Å². The zero-order valence-corrected chi connectivity index (χ0v) is 33.1. The lowest BCUT2D eigenvalue weighted by atomic mass is 9.88. The molecule has 49 heavy (non-hydrogen) atoms. The van der Waals surface area contributed by atoms with E-state index in [-0.39, 0.29) is 0 Å². The van der Waals surface area contributed by atoms with Crippen molar-refractivity contribution < 1.29 is 0 Å². The van der Waals surface area contributed by atoms with E-state index in [1.165, 1.54) is 89.5 Å². The fourth-order valence-corrected chi connectivity index (χ4v) is 10.7. The molecule has 0 bridgehead atoms. The highest BCUT2D eigenvalue weighted by atomic mass is 32.1. The molecule has 1 aliphatic rings. The summed E-state index contributed by atoms with van der Waals surface area (Å²) in [7, 11) is 0. The zero-order valence-electron chi connectivity index (χ0n) is 28.9. The molecule has 4 aromatic heterocycles. The number of rotatable bonds is 16. The number of allylic oxidation sites excluding steroid dienone is 4. The lowest BCUT2D eigenvalue weighted by Crippen LogP contribution is -2.19. The smallest absolute Gasteiger partial charge is 0.114 e. The lowest BCUT2D eigenvalue weighted by Gasteiger charge is -2.19. The molecule has 0 saturated heterocycles. The number of aromatic nitrogens is 2. The average Bonchev–Trinajstić information content (AvgIpc) is 3.96. The second-order valence-corrected chi connectivity index (χ2v) is 16.7. The minimum Gasteiger partial charge on any atom is -0.298 e. The van der Waals surface area contributed by atoms with E-state index in [9.17, 15) is 5.41 Å². The van der Waals surface area contributed by atoms with Crippen molar-refractivity contribution in [1.82, 2.24) is 8.75 Å². The van der Waals surface area contributed by atoms with E-state index >= 15 is 0 Å². The third kappa shape index (κ3) is 7.81. The molecule has 0 spiro atoms. The van der Waals surface area contributed by atoms with Gasteiger partial charge in [0.05, 0.1) is 17.4 Å². The largest absolute Gasteiger partial charge is 0.298 e. The maximum Gasteiger partial charge on any atom is 0.114 e. The Hall–Kier alpha value is -2.69. The summed E-state index contributed by atoms with van der Waals surface area (Å²) in [5, 5.41) is 13.7. The molecule has 2 atom stereocenters. The van der Waals surface area contributed by atoms with Gasteiger partial charge in [0, 0.05) is 41.8 Å². The zero-order chi connectivity index (χ0) is 34.3. The van der Waals surface area contributed by atoms with Crippen LogP contribution in [0.3, 0.4) is 0 Å².